The summed E-state index contributed by atoms with van der Waals surface area (Å²) in [6.07, 6.45) is -3.62. The molecule has 10 nitrogen and oxygen atoms in total. The molecule has 1 heterocycles. The summed E-state index contributed by atoms with van der Waals surface area (Å²) in [6, 6.07) is 37.4. The van der Waals surface area contributed by atoms with Crippen LogP contribution in [0.3, 0.4) is 0 Å². The van der Waals surface area contributed by atoms with Crippen LogP contribution in [0.4, 0.5) is 4.79 Å². The molecule has 0 saturated carbocycles. The summed E-state index contributed by atoms with van der Waals surface area (Å²) >= 11 is 0. The van der Waals surface area contributed by atoms with E-state index in [1.54, 1.807) is 0 Å². The first-order chi connectivity index (χ1) is 23.6. The molecule has 1 amide bonds. The van der Waals surface area contributed by atoms with Gasteiger partial charge in [0.1, 0.15) is 24.9 Å². The highest BCUT2D eigenvalue weighted by Crippen LogP contribution is 2.30. The first-order valence-corrected chi connectivity index (χ1v) is 15.8. The fourth-order valence-corrected chi connectivity index (χ4v) is 5.15. The lowest BCUT2D eigenvalue weighted by Gasteiger charge is -2.26. The molecule has 4 aromatic carbocycles. The van der Waals surface area contributed by atoms with Crippen LogP contribution in [0.2, 0.25) is 0 Å². The number of alkyl carbamates (subject to hydrolysis) is 1. The van der Waals surface area contributed by atoms with Gasteiger partial charge in [-0.3, -0.25) is 0 Å². The van der Waals surface area contributed by atoms with Crippen LogP contribution in [0, 0.1) is 0 Å². The number of hydrogen-bond donors (Lipinski definition) is 1. The zero-order valence-electron chi connectivity index (χ0n) is 26.9. The van der Waals surface area contributed by atoms with E-state index in [2.05, 4.69) is 5.32 Å². The van der Waals surface area contributed by atoms with Crippen LogP contribution >= 0.6 is 0 Å². The van der Waals surface area contributed by atoms with Gasteiger partial charge < -0.3 is 38.5 Å². The molecule has 10 heteroatoms. The average Bonchev–Trinajstić information content (AvgIpc) is 3.47. The standard InChI is InChI=1S/C38H41NO9/c1-42-36(40)32(39-38(41)47-25-31-20-12-5-13-21-31)26-46-37-35(45-24-30-18-10-4-11-19-30)34(44-23-29-16-8-3-9-17-29)33(48-37)27-43-22-28-14-6-2-7-15-28/h2-21,32-35,37H,22-27H2,1H3,(H,39,41)/t32-,33+,34+,35+,37+/m0/s1. The molecule has 0 bridgehead atoms. The van der Waals surface area contributed by atoms with Crippen molar-refractivity contribution in [3.8, 4) is 0 Å². The monoisotopic (exact) mass is 655 g/mol. The molecular formula is C38H41NO9. The maximum atomic E-state index is 12.7. The Kier molecular flexibility index (Phi) is 13.5. The lowest BCUT2D eigenvalue weighted by molar-refractivity contribution is -0.190. The van der Waals surface area contributed by atoms with E-state index in [0.29, 0.717) is 13.2 Å². The Labute approximate surface area is 280 Å². The van der Waals surface area contributed by atoms with Gasteiger partial charge in [0.15, 0.2) is 12.3 Å². The molecule has 252 valence electrons. The van der Waals surface area contributed by atoms with Crippen molar-refractivity contribution >= 4 is 12.1 Å². The summed E-state index contributed by atoms with van der Waals surface area (Å²) in [4.78, 5) is 25.3. The number of benzene rings is 4. The van der Waals surface area contributed by atoms with Gasteiger partial charge in [0, 0.05) is 0 Å². The number of carbonyl (C=O) groups excluding carboxylic acids is 2. The molecule has 0 aliphatic carbocycles. The van der Waals surface area contributed by atoms with Crippen LogP contribution in [0.5, 0.6) is 0 Å². The molecule has 1 N–H and O–H groups in total. The summed E-state index contributed by atoms with van der Waals surface area (Å²) in [6.45, 7) is 0.916. The Balaban J connectivity index is 1.29. The molecule has 0 aromatic heterocycles. The number of esters is 1. The van der Waals surface area contributed by atoms with Gasteiger partial charge in [-0.25, -0.2) is 9.59 Å². The number of nitrogens with one attached hydrogen (secondary N) is 1. The summed E-state index contributed by atoms with van der Waals surface area (Å²) in [7, 11) is 1.23. The predicted molar refractivity (Wildman–Crippen MR) is 176 cm³/mol. The zero-order valence-corrected chi connectivity index (χ0v) is 26.9. The van der Waals surface area contributed by atoms with E-state index >= 15 is 0 Å². The van der Waals surface area contributed by atoms with E-state index in [1.165, 1.54) is 7.11 Å². The van der Waals surface area contributed by atoms with Crippen LogP contribution in [0.15, 0.2) is 121 Å². The summed E-state index contributed by atoms with van der Waals surface area (Å²) in [5.41, 5.74) is 3.76. The van der Waals surface area contributed by atoms with Gasteiger partial charge in [-0.15, -0.1) is 0 Å². The maximum Gasteiger partial charge on any atom is 0.408 e. The highest BCUT2D eigenvalue weighted by molar-refractivity contribution is 5.81. The summed E-state index contributed by atoms with van der Waals surface area (Å²) in [5, 5.41) is 2.54. The Morgan fingerprint density at radius 1 is 0.646 bits per heavy atom. The third kappa shape index (κ3) is 10.7. The van der Waals surface area contributed by atoms with Crippen molar-refractivity contribution in [2.75, 3.05) is 20.3 Å². The Morgan fingerprint density at radius 3 is 1.65 bits per heavy atom. The highest BCUT2D eigenvalue weighted by atomic mass is 16.7. The van der Waals surface area contributed by atoms with Gasteiger partial charge in [0.25, 0.3) is 0 Å². The second-order valence-electron chi connectivity index (χ2n) is 11.2. The average molecular weight is 656 g/mol. The third-order valence-electron chi connectivity index (χ3n) is 7.65. The molecule has 48 heavy (non-hydrogen) atoms. The molecule has 4 aromatic rings. The van der Waals surface area contributed by atoms with Crippen molar-refractivity contribution in [2.45, 2.75) is 57.1 Å². The largest absolute Gasteiger partial charge is 0.467 e. The van der Waals surface area contributed by atoms with E-state index in [1.807, 2.05) is 121 Å². The summed E-state index contributed by atoms with van der Waals surface area (Å²) < 4.78 is 41.8. The molecular weight excluding hydrogens is 614 g/mol. The van der Waals surface area contributed by atoms with E-state index in [-0.39, 0.29) is 26.4 Å². The highest BCUT2D eigenvalue weighted by Gasteiger charge is 2.48. The van der Waals surface area contributed by atoms with Gasteiger partial charge in [0.05, 0.1) is 40.1 Å². The number of ether oxygens (including phenoxy) is 7. The minimum Gasteiger partial charge on any atom is -0.467 e. The minimum absolute atomic E-state index is 0.0354. The molecule has 1 aliphatic rings. The van der Waals surface area contributed by atoms with Crippen molar-refractivity contribution in [1.29, 1.82) is 0 Å². The molecule has 1 saturated heterocycles. The fraction of sp³-hybridized carbons (Fsp3) is 0.316. The van der Waals surface area contributed by atoms with Gasteiger partial charge >= 0.3 is 12.1 Å². The molecule has 1 aliphatic heterocycles. The van der Waals surface area contributed by atoms with Crippen molar-refractivity contribution in [3.63, 3.8) is 0 Å². The summed E-state index contributed by atoms with van der Waals surface area (Å²) in [5.74, 6) is -0.703. The number of carbonyl (C=O) groups is 2. The smallest absolute Gasteiger partial charge is 0.408 e. The molecule has 1 fully saturated rings. The van der Waals surface area contributed by atoms with Crippen molar-refractivity contribution < 1.29 is 42.7 Å². The molecule has 5 atom stereocenters. The van der Waals surface area contributed by atoms with E-state index in [0.717, 1.165) is 22.3 Å². The van der Waals surface area contributed by atoms with Crippen molar-refractivity contribution in [1.82, 2.24) is 5.32 Å². The van der Waals surface area contributed by atoms with Gasteiger partial charge in [-0.2, -0.15) is 0 Å². The molecule has 0 unspecified atom stereocenters. The number of hydrogen-bond acceptors (Lipinski definition) is 9. The predicted octanol–water partition coefficient (Wildman–Crippen LogP) is 5.58. The third-order valence-corrected chi connectivity index (χ3v) is 7.65. The second-order valence-corrected chi connectivity index (χ2v) is 11.2. The van der Waals surface area contributed by atoms with E-state index in [9.17, 15) is 9.59 Å². The minimum atomic E-state index is -1.17. The van der Waals surface area contributed by atoms with Crippen LogP contribution in [-0.4, -0.2) is 63.0 Å². The first kappa shape index (κ1) is 34.7. The SMILES string of the molecule is COC(=O)[C@H](CO[C@@H]1O[C@H](COCc2ccccc2)[C@@H](OCc2ccccc2)[C@H]1OCc1ccccc1)NC(=O)OCc1ccccc1. The quantitative estimate of drug-likeness (QED) is 0.146. The zero-order chi connectivity index (χ0) is 33.4. The van der Waals surface area contributed by atoms with E-state index in [4.69, 9.17) is 33.2 Å². The lowest BCUT2D eigenvalue weighted by atomic mass is 10.1. The van der Waals surface area contributed by atoms with E-state index < -0.39 is 42.7 Å². The van der Waals surface area contributed by atoms with Crippen LogP contribution in [-0.2, 0) is 64.4 Å². The molecule has 5 rings (SSSR count). The number of amides is 1. The molecule has 0 spiro atoms. The van der Waals surface area contributed by atoms with Crippen molar-refractivity contribution in [2.24, 2.45) is 0 Å². The Bertz CT molecular complexity index is 1510. The fourth-order valence-electron chi connectivity index (χ4n) is 5.15. The topological polar surface area (TPSA) is 111 Å². The Hall–Kier alpha value is -4.58. The van der Waals surface area contributed by atoms with Gasteiger partial charge in [-0.05, 0) is 22.3 Å². The normalized spacial score (nSPS) is 19.4. The van der Waals surface area contributed by atoms with Crippen molar-refractivity contribution in [3.05, 3.63) is 144 Å². The number of rotatable bonds is 17. The van der Waals surface area contributed by atoms with Crippen LogP contribution in [0.1, 0.15) is 22.3 Å². The van der Waals surface area contributed by atoms with Crippen LogP contribution < -0.4 is 5.32 Å². The lowest BCUT2D eigenvalue weighted by Crippen LogP contribution is -2.47. The van der Waals surface area contributed by atoms with Gasteiger partial charge in [-0.1, -0.05) is 121 Å². The molecule has 0 radical (unpaired) electrons. The van der Waals surface area contributed by atoms with Gasteiger partial charge in [0.2, 0.25) is 0 Å². The number of methoxy groups -OCH3 is 1. The second kappa shape index (κ2) is 18.7. The Morgan fingerprint density at radius 2 is 1.12 bits per heavy atom. The maximum absolute atomic E-state index is 12.7. The first-order valence-electron chi connectivity index (χ1n) is 15.8. The van der Waals surface area contributed by atoms with Crippen LogP contribution in [0.25, 0.3) is 0 Å².